The second-order valence-electron chi connectivity index (χ2n) is 4.38. The van der Waals surface area contributed by atoms with Crippen molar-refractivity contribution in [2.24, 2.45) is 0 Å². The molecule has 0 saturated heterocycles. The zero-order valence-corrected chi connectivity index (χ0v) is 10.6. The third kappa shape index (κ3) is 2.24. The molecule has 6 heteroatoms. The maximum absolute atomic E-state index is 13.9. The number of nitrogen functional groups attached to an aromatic ring is 1. The fourth-order valence-electron chi connectivity index (χ4n) is 2.08. The van der Waals surface area contributed by atoms with Crippen molar-refractivity contribution in [3.05, 3.63) is 59.9 Å². The largest absolute Gasteiger partial charge is 0.380 e. The molecule has 0 atom stereocenters. The second kappa shape index (κ2) is 4.97. The van der Waals surface area contributed by atoms with Gasteiger partial charge in [0.2, 0.25) is 0 Å². The van der Waals surface area contributed by atoms with Crippen molar-refractivity contribution in [2.75, 3.05) is 5.73 Å². The van der Waals surface area contributed by atoms with Gasteiger partial charge < -0.3 is 10.3 Å². The van der Waals surface area contributed by atoms with E-state index in [0.717, 1.165) is 6.07 Å². The monoisotopic (exact) mass is 290 g/mol. The van der Waals surface area contributed by atoms with Crippen LogP contribution >= 0.6 is 0 Å². The minimum Gasteiger partial charge on any atom is -0.380 e. The van der Waals surface area contributed by atoms with Gasteiger partial charge in [0.25, 0.3) is 0 Å². The highest BCUT2D eigenvalue weighted by molar-refractivity contribution is 5.86. The van der Waals surface area contributed by atoms with Crippen LogP contribution in [0, 0.1) is 17.5 Å². The van der Waals surface area contributed by atoms with Crippen LogP contribution in [0.15, 0.2) is 47.0 Å². The second-order valence-corrected chi connectivity index (χ2v) is 4.38. The highest BCUT2D eigenvalue weighted by Gasteiger charge is 2.22. The molecule has 0 aliphatic heterocycles. The van der Waals surface area contributed by atoms with Crippen LogP contribution in [0.3, 0.4) is 0 Å². The lowest BCUT2D eigenvalue weighted by Crippen LogP contribution is -1.93. The number of rotatable bonds is 2. The number of hydrogen-bond acceptors (Lipinski definition) is 3. The summed E-state index contributed by atoms with van der Waals surface area (Å²) in [7, 11) is 0. The summed E-state index contributed by atoms with van der Waals surface area (Å²) in [6.07, 6.45) is 0. The fourth-order valence-corrected chi connectivity index (χ4v) is 2.08. The summed E-state index contributed by atoms with van der Waals surface area (Å²) in [6.45, 7) is 0. The van der Waals surface area contributed by atoms with Gasteiger partial charge in [-0.2, -0.15) is 0 Å². The number of benzene rings is 2. The lowest BCUT2D eigenvalue weighted by molar-refractivity contribution is 0.433. The van der Waals surface area contributed by atoms with Gasteiger partial charge >= 0.3 is 0 Å². The number of anilines is 1. The molecule has 3 nitrogen and oxygen atoms in total. The summed E-state index contributed by atoms with van der Waals surface area (Å²) >= 11 is 0. The Hall–Kier alpha value is -2.76. The van der Waals surface area contributed by atoms with Gasteiger partial charge in [-0.3, -0.25) is 0 Å². The van der Waals surface area contributed by atoms with Gasteiger partial charge in [-0.25, -0.2) is 13.2 Å². The average Bonchev–Trinajstić information content (AvgIpc) is 2.81. The van der Waals surface area contributed by atoms with E-state index in [4.69, 9.17) is 10.3 Å². The standard InChI is InChI=1S/C15H9F3N2O/c16-8-5-6-9(12(18)7-8)13-14(21-20-15(13)19)10-3-1-2-4-11(10)17/h1-7H,(H2,19,20). The quantitative estimate of drug-likeness (QED) is 0.776. The summed E-state index contributed by atoms with van der Waals surface area (Å²) in [5.41, 5.74) is 5.87. The van der Waals surface area contributed by atoms with Crippen LogP contribution in [0.25, 0.3) is 22.5 Å². The predicted octanol–water partition coefficient (Wildman–Crippen LogP) is 4.01. The van der Waals surface area contributed by atoms with Crippen LogP contribution in [-0.2, 0) is 0 Å². The van der Waals surface area contributed by atoms with E-state index in [2.05, 4.69) is 5.16 Å². The van der Waals surface area contributed by atoms with Crippen molar-refractivity contribution in [1.82, 2.24) is 5.16 Å². The van der Waals surface area contributed by atoms with Gasteiger partial charge in [0, 0.05) is 11.6 Å². The smallest absolute Gasteiger partial charge is 0.179 e. The Balaban J connectivity index is 2.25. The van der Waals surface area contributed by atoms with E-state index >= 15 is 0 Å². The normalized spacial score (nSPS) is 10.8. The number of aromatic nitrogens is 1. The number of halogens is 3. The number of nitrogens with zero attached hydrogens (tertiary/aromatic N) is 1. The third-order valence-electron chi connectivity index (χ3n) is 3.04. The molecule has 0 unspecified atom stereocenters. The van der Waals surface area contributed by atoms with E-state index in [9.17, 15) is 13.2 Å². The molecule has 0 saturated carbocycles. The zero-order valence-electron chi connectivity index (χ0n) is 10.6. The van der Waals surface area contributed by atoms with E-state index < -0.39 is 17.5 Å². The lowest BCUT2D eigenvalue weighted by atomic mass is 10.0. The summed E-state index contributed by atoms with van der Waals surface area (Å²) in [5.74, 6) is -2.21. The predicted molar refractivity (Wildman–Crippen MR) is 71.7 cm³/mol. The molecule has 1 heterocycles. The molecule has 3 aromatic rings. The van der Waals surface area contributed by atoms with Crippen LogP contribution in [0.5, 0.6) is 0 Å². The molecule has 21 heavy (non-hydrogen) atoms. The first-order valence-electron chi connectivity index (χ1n) is 6.03. The van der Waals surface area contributed by atoms with Crippen molar-refractivity contribution in [3.63, 3.8) is 0 Å². The van der Waals surface area contributed by atoms with Crippen LogP contribution in [-0.4, -0.2) is 5.16 Å². The third-order valence-corrected chi connectivity index (χ3v) is 3.04. The van der Waals surface area contributed by atoms with E-state index in [1.165, 1.54) is 24.3 Å². The van der Waals surface area contributed by atoms with Crippen molar-refractivity contribution in [1.29, 1.82) is 0 Å². The maximum atomic E-state index is 13.9. The van der Waals surface area contributed by atoms with Gasteiger partial charge in [0.1, 0.15) is 17.5 Å². The molecule has 106 valence electrons. The van der Waals surface area contributed by atoms with Crippen molar-refractivity contribution in [2.45, 2.75) is 0 Å². The molecule has 0 amide bonds. The Bertz CT molecular complexity index is 814. The minimum absolute atomic E-state index is 0.00360. The van der Waals surface area contributed by atoms with Gasteiger partial charge in [-0.05, 0) is 24.3 Å². The summed E-state index contributed by atoms with van der Waals surface area (Å²) in [6, 6.07) is 8.80. The molecular weight excluding hydrogens is 281 g/mol. The Morgan fingerprint density at radius 3 is 2.38 bits per heavy atom. The average molecular weight is 290 g/mol. The van der Waals surface area contributed by atoms with E-state index in [1.807, 2.05) is 0 Å². The van der Waals surface area contributed by atoms with Crippen LogP contribution in [0.1, 0.15) is 0 Å². The van der Waals surface area contributed by atoms with Crippen LogP contribution < -0.4 is 5.73 Å². The zero-order chi connectivity index (χ0) is 15.0. The molecule has 1 aromatic heterocycles. The topological polar surface area (TPSA) is 52.0 Å². The molecular formula is C15H9F3N2O. The highest BCUT2D eigenvalue weighted by Crippen LogP contribution is 2.38. The Kier molecular flexibility index (Phi) is 3.13. The molecule has 2 aromatic carbocycles. The van der Waals surface area contributed by atoms with Crippen LogP contribution in [0.4, 0.5) is 19.0 Å². The van der Waals surface area contributed by atoms with Gasteiger partial charge in [0.05, 0.1) is 11.1 Å². The molecule has 3 rings (SSSR count). The first kappa shape index (κ1) is 13.2. The summed E-state index contributed by atoms with van der Waals surface area (Å²) < 4.78 is 45.8. The first-order valence-corrected chi connectivity index (χ1v) is 6.03. The molecule has 0 spiro atoms. The number of nitrogens with two attached hydrogens (primary N) is 1. The molecule has 0 bridgehead atoms. The van der Waals surface area contributed by atoms with E-state index in [-0.39, 0.29) is 28.3 Å². The van der Waals surface area contributed by atoms with Crippen molar-refractivity contribution < 1.29 is 17.7 Å². The molecule has 0 radical (unpaired) electrons. The Labute approximate surface area is 117 Å². The van der Waals surface area contributed by atoms with E-state index in [0.29, 0.717) is 6.07 Å². The lowest BCUT2D eigenvalue weighted by Gasteiger charge is -2.05. The van der Waals surface area contributed by atoms with Gasteiger partial charge in [-0.1, -0.05) is 17.3 Å². The van der Waals surface area contributed by atoms with Gasteiger partial charge in [-0.15, -0.1) is 0 Å². The molecule has 0 aliphatic carbocycles. The first-order chi connectivity index (χ1) is 10.1. The molecule has 2 N–H and O–H groups in total. The SMILES string of the molecule is Nc1noc(-c2ccccc2F)c1-c1ccc(F)cc1F. The molecule has 0 aliphatic rings. The summed E-state index contributed by atoms with van der Waals surface area (Å²) in [4.78, 5) is 0. The Morgan fingerprint density at radius 2 is 1.67 bits per heavy atom. The van der Waals surface area contributed by atoms with Gasteiger partial charge in [0.15, 0.2) is 11.6 Å². The highest BCUT2D eigenvalue weighted by atomic mass is 19.1. The number of hydrogen-bond donors (Lipinski definition) is 1. The fraction of sp³-hybridized carbons (Fsp3) is 0. The minimum atomic E-state index is -0.831. The van der Waals surface area contributed by atoms with Crippen LogP contribution in [0.2, 0.25) is 0 Å². The Morgan fingerprint density at radius 1 is 0.905 bits per heavy atom. The van der Waals surface area contributed by atoms with Crippen molar-refractivity contribution >= 4 is 5.82 Å². The summed E-state index contributed by atoms with van der Waals surface area (Å²) in [5, 5.41) is 3.55. The van der Waals surface area contributed by atoms with E-state index in [1.54, 1.807) is 6.07 Å². The van der Waals surface area contributed by atoms with Crippen molar-refractivity contribution in [3.8, 4) is 22.5 Å². The molecule has 0 fully saturated rings. The maximum Gasteiger partial charge on any atom is 0.179 e.